The molecule has 0 N–H and O–H groups in total. The van der Waals surface area contributed by atoms with Gasteiger partial charge in [-0.2, -0.15) is 23.5 Å². The fourth-order valence-corrected chi connectivity index (χ4v) is 2.07. The summed E-state index contributed by atoms with van der Waals surface area (Å²) in [5.74, 6) is 0. The van der Waals surface area contributed by atoms with E-state index in [0.29, 0.717) is 0 Å². The van der Waals surface area contributed by atoms with E-state index in [2.05, 4.69) is 21.0 Å². The first-order valence-electron chi connectivity index (χ1n) is 4.32. The summed E-state index contributed by atoms with van der Waals surface area (Å²) in [4.78, 5) is 0. The number of nitrogens with zero attached hydrogens (tertiary/aromatic N) is 3. The molecular weight excluding hydrogens is 287 g/mol. The number of hydrogen-bond donors (Lipinski definition) is 0. The molecule has 0 spiro atoms. The molecule has 0 saturated carbocycles. The third-order valence-corrected chi connectivity index (χ3v) is 3.06. The lowest BCUT2D eigenvalue weighted by molar-refractivity contribution is -0.142. The minimum absolute atomic E-state index is 0.134. The van der Waals surface area contributed by atoms with Crippen LogP contribution in [0.5, 0.6) is 0 Å². The van der Waals surface area contributed by atoms with E-state index in [1.165, 1.54) is 20.9 Å². The number of aryl methyl sites for hydroxylation is 1. The predicted molar refractivity (Wildman–Crippen MR) is 54.5 cm³/mol. The SMILES string of the molecule is Cn1nc(C(F)(F)F)c(C(C)(C)C#N)c1Br. The smallest absolute Gasteiger partial charge is 0.261 e. The maximum atomic E-state index is 12.7. The number of nitriles is 1. The molecule has 0 atom stereocenters. The Morgan fingerprint density at radius 3 is 2.25 bits per heavy atom. The van der Waals surface area contributed by atoms with Crippen LogP contribution < -0.4 is 0 Å². The largest absolute Gasteiger partial charge is 0.435 e. The minimum Gasteiger partial charge on any atom is -0.261 e. The van der Waals surface area contributed by atoms with Crippen molar-refractivity contribution in [3.8, 4) is 6.07 Å². The highest BCUT2D eigenvalue weighted by Crippen LogP contribution is 2.40. The average molecular weight is 296 g/mol. The monoisotopic (exact) mass is 295 g/mol. The lowest BCUT2D eigenvalue weighted by Gasteiger charge is -2.17. The molecule has 3 nitrogen and oxygen atoms in total. The van der Waals surface area contributed by atoms with Crippen molar-refractivity contribution in [2.75, 3.05) is 0 Å². The van der Waals surface area contributed by atoms with E-state index in [1.54, 1.807) is 0 Å². The second kappa shape index (κ2) is 3.77. The van der Waals surface area contributed by atoms with Crippen LogP contribution >= 0.6 is 15.9 Å². The molecule has 0 aliphatic heterocycles. The maximum Gasteiger partial charge on any atom is 0.435 e. The third-order valence-electron chi connectivity index (χ3n) is 2.15. The summed E-state index contributed by atoms with van der Waals surface area (Å²) in [6.07, 6.45) is -4.56. The number of halogens is 4. The highest BCUT2D eigenvalue weighted by molar-refractivity contribution is 9.10. The van der Waals surface area contributed by atoms with Gasteiger partial charge >= 0.3 is 6.18 Å². The Morgan fingerprint density at radius 2 is 1.88 bits per heavy atom. The quantitative estimate of drug-likeness (QED) is 0.799. The zero-order valence-corrected chi connectivity index (χ0v) is 10.4. The molecule has 16 heavy (non-hydrogen) atoms. The second-order valence-electron chi connectivity index (χ2n) is 3.87. The Bertz CT molecular complexity index is 454. The molecule has 1 aromatic heterocycles. The summed E-state index contributed by atoms with van der Waals surface area (Å²) in [6, 6.07) is 1.84. The van der Waals surface area contributed by atoms with Crippen LogP contribution in [0.4, 0.5) is 13.2 Å². The lowest BCUT2D eigenvalue weighted by atomic mass is 9.86. The summed E-state index contributed by atoms with van der Waals surface area (Å²) >= 11 is 3.02. The summed E-state index contributed by atoms with van der Waals surface area (Å²) in [7, 11) is 1.39. The average Bonchev–Trinajstić information content (AvgIpc) is 2.43. The Morgan fingerprint density at radius 1 is 1.38 bits per heavy atom. The summed E-state index contributed by atoms with van der Waals surface area (Å²) in [5, 5.41) is 12.3. The van der Waals surface area contributed by atoms with Gasteiger partial charge < -0.3 is 0 Å². The normalized spacial score (nSPS) is 12.6. The van der Waals surface area contributed by atoms with E-state index in [1.807, 2.05) is 6.07 Å². The topological polar surface area (TPSA) is 41.6 Å². The number of hydrogen-bond acceptors (Lipinski definition) is 2. The standard InChI is InChI=1S/C9H9BrF3N3/c1-8(2,4-14)5-6(9(11,12)13)15-16(3)7(5)10/h1-3H3. The van der Waals surface area contributed by atoms with Crippen LogP contribution in [-0.4, -0.2) is 9.78 Å². The van der Waals surface area contributed by atoms with E-state index in [9.17, 15) is 13.2 Å². The number of aromatic nitrogens is 2. The number of rotatable bonds is 1. The summed E-state index contributed by atoms with van der Waals surface area (Å²) in [5.41, 5.74) is -2.41. The van der Waals surface area contributed by atoms with Crippen molar-refractivity contribution in [2.24, 2.45) is 7.05 Å². The molecule has 0 bridgehead atoms. The van der Waals surface area contributed by atoms with Gasteiger partial charge in [-0.1, -0.05) is 0 Å². The molecule has 0 aliphatic rings. The first-order valence-corrected chi connectivity index (χ1v) is 5.12. The Kier molecular flexibility index (Phi) is 3.07. The van der Waals surface area contributed by atoms with Crippen LogP contribution in [0.3, 0.4) is 0 Å². The van der Waals surface area contributed by atoms with Crippen LogP contribution in [0.2, 0.25) is 0 Å². The van der Waals surface area contributed by atoms with Gasteiger partial charge in [0.05, 0.1) is 11.5 Å². The zero-order valence-electron chi connectivity index (χ0n) is 8.85. The van der Waals surface area contributed by atoms with E-state index >= 15 is 0 Å². The molecule has 0 aromatic carbocycles. The molecule has 0 radical (unpaired) electrons. The molecular formula is C9H9BrF3N3. The van der Waals surface area contributed by atoms with Crippen molar-refractivity contribution in [1.29, 1.82) is 5.26 Å². The van der Waals surface area contributed by atoms with Crippen molar-refractivity contribution in [1.82, 2.24) is 9.78 Å². The lowest BCUT2D eigenvalue weighted by Crippen LogP contribution is -2.20. The van der Waals surface area contributed by atoms with Crippen LogP contribution in [-0.2, 0) is 18.6 Å². The van der Waals surface area contributed by atoms with E-state index in [-0.39, 0.29) is 10.2 Å². The fourth-order valence-electron chi connectivity index (χ4n) is 1.31. The van der Waals surface area contributed by atoms with Gasteiger partial charge in [-0.25, -0.2) is 0 Å². The Hall–Kier alpha value is -1.03. The van der Waals surface area contributed by atoms with Gasteiger partial charge in [0.2, 0.25) is 0 Å². The van der Waals surface area contributed by atoms with Crippen LogP contribution in [0.15, 0.2) is 4.60 Å². The van der Waals surface area contributed by atoms with Crippen LogP contribution in [0, 0.1) is 11.3 Å². The van der Waals surface area contributed by atoms with E-state index < -0.39 is 17.3 Å². The van der Waals surface area contributed by atoms with Gasteiger partial charge in [-0.3, -0.25) is 4.68 Å². The maximum absolute atomic E-state index is 12.7. The van der Waals surface area contributed by atoms with Crippen LogP contribution in [0.1, 0.15) is 25.1 Å². The van der Waals surface area contributed by atoms with Gasteiger partial charge in [0.25, 0.3) is 0 Å². The Labute approximate surface area is 99.0 Å². The van der Waals surface area contributed by atoms with E-state index in [4.69, 9.17) is 5.26 Å². The molecule has 88 valence electrons. The highest BCUT2D eigenvalue weighted by atomic mass is 79.9. The molecule has 7 heteroatoms. The molecule has 0 saturated heterocycles. The highest BCUT2D eigenvalue weighted by Gasteiger charge is 2.43. The first-order chi connectivity index (χ1) is 7.11. The minimum atomic E-state index is -4.56. The van der Waals surface area contributed by atoms with Crippen molar-refractivity contribution >= 4 is 15.9 Å². The van der Waals surface area contributed by atoms with E-state index in [0.717, 1.165) is 4.68 Å². The number of alkyl halides is 3. The molecule has 1 heterocycles. The molecule has 0 aliphatic carbocycles. The molecule has 0 unspecified atom stereocenters. The van der Waals surface area contributed by atoms with Crippen molar-refractivity contribution in [3.63, 3.8) is 0 Å². The predicted octanol–water partition coefficient (Wildman–Crippen LogP) is 3.00. The second-order valence-corrected chi connectivity index (χ2v) is 4.62. The zero-order chi connectivity index (χ0) is 12.7. The third kappa shape index (κ3) is 2.07. The van der Waals surface area contributed by atoms with Gasteiger partial charge in [-0.15, -0.1) is 0 Å². The first kappa shape index (κ1) is 13.0. The summed E-state index contributed by atoms with van der Waals surface area (Å²) < 4.78 is 39.3. The van der Waals surface area contributed by atoms with Gasteiger partial charge in [0.1, 0.15) is 4.60 Å². The van der Waals surface area contributed by atoms with Gasteiger partial charge in [0.15, 0.2) is 5.69 Å². The van der Waals surface area contributed by atoms with Crippen LogP contribution in [0.25, 0.3) is 0 Å². The van der Waals surface area contributed by atoms with Crippen molar-refractivity contribution in [2.45, 2.75) is 25.4 Å². The molecule has 0 amide bonds. The van der Waals surface area contributed by atoms with Crippen molar-refractivity contribution in [3.05, 3.63) is 15.9 Å². The van der Waals surface area contributed by atoms with Crippen molar-refractivity contribution < 1.29 is 13.2 Å². The van der Waals surface area contributed by atoms with Gasteiger partial charge in [-0.05, 0) is 29.8 Å². The fraction of sp³-hybridized carbons (Fsp3) is 0.556. The Balaban J connectivity index is 3.56. The molecule has 0 fully saturated rings. The molecule has 1 rings (SSSR count). The van der Waals surface area contributed by atoms with Gasteiger partial charge in [0, 0.05) is 12.6 Å². The summed E-state index contributed by atoms with van der Waals surface area (Å²) in [6.45, 7) is 2.84. The molecule has 1 aromatic rings.